The van der Waals surface area contributed by atoms with E-state index in [0.29, 0.717) is 23.4 Å². The summed E-state index contributed by atoms with van der Waals surface area (Å²) in [5.41, 5.74) is -0.00467. The van der Waals surface area contributed by atoms with Gasteiger partial charge in [0.15, 0.2) is 0 Å². The quantitative estimate of drug-likeness (QED) is 0.658. The van der Waals surface area contributed by atoms with E-state index in [1.807, 2.05) is 6.92 Å². The predicted octanol–water partition coefficient (Wildman–Crippen LogP) is 2.77. The van der Waals surface area contributed by atoms with Gasteiger partial charge in [-0.2, -0.15) is 0 Å². The third kappa shape index (κ3) is 3.07. The number of allylic oxidation sites excluding steroid dienone is 2. The lowest BCUT2D eigenvalue weighted by Crippen LogP contribution is -2.41. The number of amides is 1. The zero-order chi connectivity index (χ0) is 18.6. The van der Waals surface area contributed by atoms with Crippen molar-refractivity contribution >= 4 is 11.9 Å². The second-order valence-corrected chi connectivity index (χ2v) is 5.50. The summed E-state index contributed by atoms with van der Waals surface area (Å²) >= 11 is 0. The molecule has 1 aliphatic heterocycles. The Morgan fingerprint density at radius 2 is 2.12 bits per heavy atom. The van der Waals surface area contributed by atoms with E-state index in [1.54, 1.807) is 44.3 Å². The summed E-state index contributed by atoms with van der Waals surface area (Å²) in [4.78, 5) is 29.5. The van der Waals surface area contributed by atoms with Gasteiger partial charge < -0.3 is 14.8 Å². The summed E-state index contributed by atoms with van der Waals surface area (Å²) in [7, 11) is 0. The van der Waals surface area contributed by atoms with Crippen molar-refractivity contribution < 1.29 is 19.1 Å². The van der Waals surface area contributed by atoms with Crippen LogP contribution in [0.3, 0.4) is 0 Å². The predicted molar refractivity (Wildman–Crippen MR) is 93.6 cm³/mol. The molecule has 2 rings (SSSR count). The van der Waals surface area contributed by atoms with Gasteiger partial charge >= 0.3 is 5.97 Å². The van der Waals surface area contributed by atoms with Crippen molar-refractivity contribution in [1.29, 1.82) is 0 Å². The van der Waals surface area contributed by atoms with Gasteiger partial charge in [0.2, 0.25) is 11.5 Å². The maximum absolute atomic E-state index is 13.0. The van der Waals surface area contributed by atoms with Gasteiger partial charge in [-0.1, -0.05) is 18.7 Å². The lowest BCUT2D eigenvalue weighted by Gasteiger charge is -2.29. The van der Waals surface area contributed by atoms with E-state index in [4.69, 9.17) is 9.47 Å². The Bertz CT molecular complexity index is 779. The summed E-state index contributed by atoms with van der Waals surface area (Å²) in [6.45, 7) is 10.9. The van der Waals surface area contributed by atoms with Crippen LogP contribution < -0.4 is 10.1 Å². The van der Waals surface area contributed by atoms with Crippen molar-refractivity contribution in [3.05, 3.63) is 59.5 Å². The Kier molecular flexibility index (Phi) is 5.41. The van der Waals surface area contributed by atoms with Crippen molar-refractivity contribution in [1.82, 2.24) is 10.3 Å². The maximum atomic E-state index is 13.0. The third-order valence-corrected chi connectivity index (χ3v) is 3.84. The van der Waals surface area contributed by atoms with Gasteiger partial charge in [0.25, 0.3) is 5.91 Å². The summed E-state index contributed by atoms with van der Waals surface area (Å²) in [5.74, 6) is -0.901. The van der Waals surface area contributed by atoms with Crippen LogP contribution >= 0.6 is 0 Å². The topological polar surface area (TPSA) is 77.5 Å². The molecule has 25 heavy (non-hydrogen) atoms. The smallest absolute Gasteiger partial charge is 0.334 e. The normalized spacial score (nSPS) is 22.8. The SMILES string of the molecule is C=C(C)C(=O)OC1(c2cccnc2OCC)C(=O)NC(=CC)C1=CC. The zero-order valence-electron chi connectivity index (χ0n) is 14.9. The molecule has 0 radical (unpaired) electrons. The summed E-state index contributed by atoms with van der Waals surface area (Å²) in [5, 5.41) is 2.77. The molecule has 132 valence electrons. The van der Waals surface area contributed by atoms with Crippen LogP contribution in [0.25, 0.3) is 0 Å². The standard InChI is InChI=1S/C19H22N2O4/c1-6-13-15(7-2)21-18(23)19(13,25-17(22)12(4)5)14-10-9-11-20-16(14)24-8-3/h6-7,9-11H,4,8H2,1-3,5H3,(H,21,23). The average molecular weight is 342 g/mol. The van der Waals surface area contributed by atoms with E-state index in [-0.39, 0.29) is 11.5 Å². The monoisotopic (exact) mass is 342 g/mol. The number of pyridine rings is 1. The van der Waals surface area contributed by atoms with Crippen LogP contribution in [0.2, 0.25) is 0 Å². The summed E-state index contributed by atoms with van der Waals surface area (Å²) in [6, 6.07) is 3.34. The molecule has 1 aromatic rings. The summed E-state index contributed by atoms with van der Waals surface area (Å²) in [6.07, 6.45) is 5.05. The van der Waals surface area contributed by atoms with Crippen molar-refractivity contribution in [2.24, 2.45) is 0 Å². The minimum atomic E-state index is -1.68. The number of nitrogens with zero attached hydrogens (tertiary/aromatic N) is 1. The van der Waals surface area contributed by atoms with E-state index in [9.17, 15) is 9.59 Å². The molecule has 0 saturated carbocycles. The van der Waals surface area contributed by atoms with E-state index >= 15 is 0 Å². The first kappa shape index (κ1) is 18.4. The largest absolute Gasteiger partial charge is 0.478 e. The molecule has 1 N–H and O–H groups in total. The summed E-state index contributed by atoms with van der Waals surface area (Å²) < 4.78 is 11.3. The number of esters is 1. The average Bonchev–Trinajstić information content (AvgIpc) is 2.87. The van der Waals surface area contributed by atoms with E-state index in [1.165, 1.54) is 6.92 Å². The second-order valence-electron chi connectivity index (χ2n) is 5.50. The molecule has 0 aromatic carbocycles. The number of hydrogen-bond acceptors (Lipinski definition) is 5. The Morgan fingerprint density at radius 1 is 1.40 bits per heavy atom. The third-order valence-electron chi connectivity index (χ3n) is 3.84. The molecule has 2 heterocycles. The van der Waals surface area contributed by atoms with Gasteiger partial charge in [0.05, 0.1) is 12.2 Å². The molecule has 1 fully saturated rings. The Morgan fingerprint density at radius 3 is 2.68 bits per heavy atom. The minimum Gasteiger partial charge on any atom is -0.478 e. The zero-order valence-corrected chi connectivity index (χ0v) is 14.9. The number of carbonyl (C=O) groups is 2. The van der Waals surface area contributed by atoms with Gasteiger partial charge in [0.1, 0.15) is 0 Å². The molecule has 1 atom stereocenters. The highest BCUT2D eigenvalue weighted by atomic mass is 16.6. The van der Waals surface area contributed by atoms with Crippen LogP contribution in [-0.2, 0) is 19.9 Å². The molecule has 6 nitrogen and oxygen atoms in total. The second kappa shape index (κ2) is 7.34. The molecule has 0 bridgehead atoms. The first-order valence-electron chi connectivity index (χ1n) is 8.04. The molecule has 1 unspecified atom stereocenters. The lowest BCUT2D eigenvalue weighted by atomic mass is 9.86. The van der Waals surface area contributed by atoms with Gasteiger partial charge in [-0.05, 0) is 39.8 Å². The molecular weight excluding hydrogens is 320 g/mol. The number of ether oxygens (including phenoxy) is 2. The van der Waals surface area contributed by atoms with Crippen molar-refractivity contribution in [3.8, 4) is 5.88 Å². The molecule has 1 amide bonds. The van der Waals surface area contributed by atoms with Crippen molar-refractivity contribution in [3.63, 3.8) is 0 Å². The first-order valence-corrected chi connectivity index (χ1v) is 8.04. The molecule has 1 aliphatic rings. The fourth-order valence-electron chi connectivity index (χ4n) is 2.74. The molecular formula is C19H22N2O4. The fourth-order valence-corrected chi connectivity index (χ4v) is 2.74. The highest BCUT2D eigenvalue weighted by Gasteiger charge is 2.55. The van der Waals surface area contributed by atoms with Crippen LogP contribution in [-0.4, -0.2) is 23.5 Å². The van der Waals surface area contributed by atoms with Crippen LogP contribution in [0, 0.1) is 0 Å². The highest BCUT2D eigenvalue weighted by Crippen LogP contribution is 2.45. The Labute approximate surface area is 147 Å². The van der Waals surface area contributed by atoms with Crippen LogP contribution in [0.15, 0.2) is 53.9 Å². The molecule has 1 saturated heterocycles. The molecule has 0 aliphatic carbocycles. The van der Waals surface area contributed by atoms with Crippen molar-refractivity contribution in [2.45, 2.75) is 33.3 Å². The minimum absolute atomic E-state index is 0.193. The van der Waals surface area contributed by atoms with Gasteiger partial charge in [-0.3, -0.25) is 4.79 Å². The number of hydrogen-bond donors (Lipinski definition) is 1. The van der Waals surface area contributed by atoms with Gasteiger partial charge in [-0.25, -0.2) is 9.78 Å². The van der Waals surface area contributed by atoms with Crippen LogP contribution in [0.4, 0.5) is 0 Å². The van der Waals surface area contributed by atoms with Crippen LogP contribution in [0.5, 0.6) is 5.88 Å². The Hall–Kier alpha value is -2.89. The van der Waals surface area contributed by atoms with Crippen LogP contribution in [0.1, 0.15) is 33.3 Å². The molecule has 0 spiro atoms. The highest BCUT2D eigenvalue weighted by molar-refractivity contribution is 6.01. The number of carbonyl (C=O) groups excluding carboxylic acids is 2. The lowest BCUT2D eigenvalue weighted by molar-refractivity contribution is -0.160. The van der Waals surface area contributed by atoms with E-state index in [0.717, 1.165) is 0 Å². The van der Waals surface area contributed by atoms with E-state index in [2.05, 4.69) is 16.9 Å². The first-order chi connectivity index (χ1) is 11.9. The fraction of sp³-hybridized carbons (Fsp3) is 0.316. The van der Waals surface area contributed by atoms with E-state index < -0.39 is 17.5 Å². The molecule has 6 heteroatoms. The van der Waals surface area contributed by atoms with Gasteiger partial charge in [-0.15, -0.1) is 0 Å². The number of aromatic nitrogens is 1. The number of rotatable bonds is 5. The Balaban J connectivity index is 2.77. The number of nitrogens with one attached hydrogen (secondary N) is 1. The van der Waals surface area contributed by atoms with Gasteiger partial charge in [0, 0.05) is 23.0 Å². The molecule has 1 aromatic heterocycles. The maximum Gasteiger partial charge on any atom is 0.334 e. The van der Waals surface area contributed by atoms with Crippen molar-refractivity contribution in [2.75, 3.05) is 6.61 Å².